The average Bonchev–Trinajstić information content (AvgIpc) is 2.28. The molecule has 0 aromatic heterocycles. The number of piperidine rings is 1. The van der Waals surface area contributed by atoms with Gasteiger partial charge in [0.05, 0.1) is 18.8 Å². The highest BCUT2D eigenvalue weighted by atomic mass is 16.5. The molecule has 0 aromatic carbocycles. The zero-order chi connectivity index (χ0) is 12.0. The van der Waals surface area contributed by atoms with Gasteiger partial charge in [-0.25, -0.2) is 4.79 Å². The number of β-amino-alcohol motifs (C(OH)–C–C–N with tert-alkyl or cyclic N) is 1. The van der Waals surface area contributed by atoms with Gasteiger partial charge in [0, 0.05) is 19.6 Å². The number of carboxylic acids is 1. The van der Waals surface area contributed by atoms with Crippen molar-refractivity contribution in [2.75, 3.05) is 32.8 Å². The Kier molecular flexibility index (Phi) is 5.68. The van der Waals surface area contributed by atoms with Gasteiger partial charge in [-0.05, 0) is 12.8 Å². The van der Waals surface area contributed by atoms with Gasteiger partial charge in [0.2, 0.25) is 0 Å². The van der Waals surface area contributed by atoms with Gasteiger partial charge in [-0.3, -0.25) is 0 Å². The van der Waals surface area contributed by atoms with E-state index in [1.165, 1.54) is 0 Å². The van der Waals surface area contributed by atoms with Crippen LogP contribution in [0.3, 0.4) is 0 Å². The fraction of sp³-hybridized carbons (Fsp3) is 0.900. The van der Waals surface area contributed by atoms with E-state index in [0.717, 1.165) is 25.9 Å². The van der Waals surface area contributed by atoms with Crippen LogP contribution in [0.15, 0.2) is 0 Å². The Bertz CT molecular complexity index is 215. The lowest BCUT2D eigenvalue weighted by molar-refractivity contribution is -0.145. The van der Waals surface area contributed by atoms with Crippen molar-refractivity contribution in [3.8, 4) is 0 Å². The number of likely N-dealkylation sites (tertiary alicyclic amines) is 1. The van der Waals surface area contributed by atoms with Crippen molar-refractivity contribution in [2.45, 2.75) is 25.0 Å². The summed E-state index contributed by atoms with van der Waals surface area (Å²) >= 11 is 0. The fourth-order valence-corrected chi connectivity index (χ4v) is 1.80. The maximum Gasteiger partial charge on any atom is 0.329 e. The number of hydrogen-bond acceptors (Lipinski definition) is 5. The van der Waals surface area contributed by atoms with E-state index < -0.39 is 12.1 Å². The smallest absolute Gasteiger partial charge is 0.329 e. The summed E-state index contributed by atoms with van der Waals surface area (Å²) in [5.74, 6) is -0.946. The summed E-state index contributed by atoms with van der Waals surface area (Å²) in [6.07, 6.45) is 0.840. The van der Waals surface area contributed by atoms with Crippen LogP contribution in [0, 0.1) is 0 Å². The van der Waals surface area contributed by atoms with E-state index in [9.17, 15) is 9.90 Å². The molecule has 6 heteroatoms. The minimum atomic E-state index is -0.946. The van der Waals surface area contributed by atoms with Crippen LogP contribution in [0.1, 0.15) is 12.8 Å². The van der Waals surface area contributed by atoms with Gasteiger partial charge in [-0.2, -0.15) is 0 Å². The molecule has 1 fully saturated rings. The quantitative estimate of drug-likeness (QED) is 0.540. The molecule has 6 nitrogen and oxygen atoms in total. The summed E-state index contributed by atoms with van der Waals surface area (Å²) in [7, 11) is 0. The largest absolute Gasteiger partial charge is 0.480 e. The number of carboxylic acid groups (broad SMARTS) is 1. The molecule has 0 spiro atoms. The topological polar surface area (TPSA) is 90.2 Å². The van der Waals surface area contributed by atoms with Gasteiger partial charge in [0.15, 0.2) is 0 Å². The molecular weight excluding hydrogens is 214 g/mol. The Morgan fingerprint density at radius 3 is 2.56 bits per heavy atom. The maximum absolute atomic E-state index is 10.3. The predicted molar refractivity (Wildman–Crippen MR) is 56.1 cm³/mol. The minimum Gasteiger partial charge on any atom is -0.480 e. The van der Waals surface area contributed by atoms with Crippen molar-refractivity contribution in [3.63, 3.8) is 0 Å². The number of ether oxygens (including phenoxy) is 1. The lowest BCUT2D eigenvalue weighted by Crippen LogP contribution is -2.42. The van der Waals surface area contributed by atoms with E-state index in [1.54, 1.807) is 0 Å². The Balaban J connectivity index is 2.15. The van der Waals surface area contributed by atoms with E-state index in [0.29, 0.717) is 6.54 Å². The Hall–Kier alpha value is -0.690. The third kappa shape index (κ3) is 4.89. The summed E-state index contributed by atoms with van der Waals surface area (Å²) in [6.45, 7) is 1.52. The normalized spacial score (nSPS) is 20.9. The second kappa shape index (κ2) is 6.80. The summed E-state index contributed by atoms with van der Waals surface area (Å²) in [4.78, 5) is 12.3. The number of aliphatic hydroxyl groups excluding tert-OH is 2. The predicted octanol–water partition coefficient (Wildman–Crippen LogP) is -1.09. The van der Waals surface area contributed by atoms with Gasteiger partial charge in [0.25, 0.3) is 0 Å². The van der Waals surface area contributed by atoms with Crippen LogP contribution in [-0.4, -0.2) is 71.2 Å². The Morgan fingerprint density at radius 2 is 2.06 bits per heavy atom. The molecule has 0 aromatic rings. The van der Waals surface area contributed by atoms with E-state index in [1.807, 2.05) is 4.90 Å². The van der Waals surface area contributed by atoms with Crippen LogP contribution in [-0.2, 0) is 9.53 Å². The van der Waals surface area contributed by atoms with Crippen molar-refractivity contribution in [3.05, 3.63) is 0 Å². The first kappa shape index (κ1) is 13.4. The minimum absolute atomic E-state index is 0.00128. The zero-order valence-electron chi connectivity index (χ0n) is 9.21. The molecule has 1 rings (SSSR count). The summed E-state index contributed by atoms with van der Waals surface area (Å²) in [5.41, 5.74) is 0. The third-order valence-electron chi connectivity index (χ3n) is 2.66. The number of rotatable bonds is 6. The molecule has 3 N–H and O–H groups in total. The number of hydrogen-bond donors (Lipinski definition) is 3. The van der Waals surface area contributed by atoms with Gasteiger partial charge in [-0.15, -0.1) is 0 Å². The van der Waals surface area contributed by atoms with E-state index >= 15 is 0 Å². The highest BCUT2D eigenvalue weighted by Crippen LogP contribution is 2.13. The van der Waals surface area contributed by atoms with Gasteiger partial charge in [-0.1, -0.05) is 0 Å². The lowest BCUT2D eigenvalue weighted by Gasteiger charge is -2.32. The Labute approximate surface area is 94.4 Å². The van der Waals surface area contributed by atoms with E-state index in [-0.39, 0.29) is 19.3 Å². The molecule has 0 aliphatic carbocycles. The fourth-order valence-electron chi connectivity index (χ4n) is 1.80. The molecule has 0 bridgehead atoms. The van der Waals surface area contributed by atoms with Gasteiger partial charge in [0.1, 0.15) is 6.61 Å². The molecule has 94 valence electrons. The first-order valence-electron chi connectivity index (χ1n) is 5.46. The average molecular weight is 233 g/mol. The first-order chi connectivity index (χ1) is 7.61. The number of nitrogens with zero attached hydrogens (tertiary/aromatic N) is 1. The molecule has 1 unspecified atom stereocenters. The molecule has 0 amide bonds. The van der Waals surface area contributed by atoms with Gasteiger partial charge < -0.3 is 25.0 Å². The SMILES string of the molecule is O=C(O)COC1CCN(CC(O)CO)CC1. The molecule has 16 heavy (non-hydrogen) atoms. The van der Waals surface area contributed by atoms with Crippen molar-refractivity contribution in [1.29, 1.82) is 0 Å². The molecule has 1 aliphatic rings. The summed E-state index contributed by atoms with van der Waals surface area (Å²) < 4.78 is 5.19. The molecule has 0 radical (unpaired) electrons. The second-order valence-corrected chi connectivity index (χ2v) is 4.04. The van der Waals surface area contributed by atoms with Crippen molar-refractivity contribution in [1.82, 2.24) is 4.90 Å². The molecule has 1 atom stereocenters. The van der Waals surface area contributed by atoms with Crippen molar-refractivity contribution >= 4 is 5.97 Å². The van der Waals surface area contributed by atoms with Crippen molar-refractivity contribution < 1.29 is 24.9 Å². The highest BCUT2D eigenvalue weighted by Gasteiger charge is 2.21. The van der Waals surface area contributed by atoms with Crippen LogP contribution in [0.4, 0.5) is 0 Å². The molecule has 1 aliphatic heterocycles. The molecular formula is C10H19NO5. The number of aliphatic hydroxyl groups is 2. The van der Waals surface area contributed by atoms with Crippen LogP contribution >= 0.6 is 0 Å². The molecule has 1 heterocycles. The monoisotopic (exact) mass is 233 g/mol. The highest BCUT2D eigenvalue weighted by molar-refractivity contribution is 5.68. The van der Waals surface area contributed by atoms with Crippen LogP contribution in [0.25, 0.3) is 0 Å². The summed E-state index contributed by atoms with van der Waals surface area (Å²) in [6, 6.07) is 0. The van der Waals surface area contributed by atoms with Crippen LogP contribution in [0.5, 0.6) is 0 Å². The van der Waals surface area contributed by atoms with E-state index in [2.05, 4.69) is 0 Å². The van der Waals surface area contributed by atoms with Crippen LogP contribution < -0.4 is 0 Å². The molecule has 1 saturated heterocycles. The lowest BCUT2D eigenvalue weighted by atomic mass is 10.1. The maximum atomic E-state index is 10.3. The third-order valence-corrected chi connectivity index (χ3v) is 2.66. The zero-order valence-corrected chi connectivity index (χ0v) is 9.21. The number of carbonyl (C=O) groups is 1. The Morgan fingerprint density at radius 1 is 1.44 bits per heavy atom. The van der Waals surface area contributed by atoms with Crippen molar-refractivity contribution in [2.24, 2.45) is 0 Å². The molecule has 0 saturated carbocycles. The standard InChI is InChI=1S/C10H19NO5/c12-6-8(13)5-11-3-1-9(2-4-11)16-7-10(14)15/h8-9,12-13H,1-7H2,(H,14,15). The summed E-state index contributed by atoms with van der Waals surface area (Å²) in [5, 5.41) is 26.4. The number of aliphatic carboxylic acids is 1. The first-order valence-corrected chi connectivity index (χ1v) is 5.46. The van der Waals surface area contributed by atoms with Gasteiger partial charge >= 0.3 is 5.97 Å². The van der Waals surface area contributed by atoms with Crippen LogP contribution in [0.2, 0.25) is 0 Å². The van der Waals surface area contributed by atoms with E-state index in [4.69, 9.17) is 14.9 Å². The second-order valence-electron chi connectivity index (χ2n) is 4.04.